The van der Waals surface area contributed by atoms with Gasteiger partial charge in [0, 0.05) is 62.5 Å². The first-order valence-electron chi connectivity index (χ1n) is 40.6. The van der Waals surface area contributed by atoms with E-state index in [9.17, 15) is 0 Å². The fraction of sp³-hybridized carbons (Fsp3) is 0.215. The van der Waals surface area contributed by atoms with Crippen molar-refractivity contribution in [2.45, 2.75) is 148 Å². The molecule has 0 saturated heterocycles. The summed E-state index contributed by atoms with van der Waals surface area (Å²) >= 11 is 0. The minimum Gasteiger partial charge on any atom is -0.482 e. The largest absolute Gasteiger partial charge is 0.482 e. The van der Waals surface area contributed by atoms with Gasteiger partial charge in [0.05, 0.1) is 16.9 Å². The summed E-state index contributed by atoms with van der Waals surface area (Å²) in [6.45, 7) is 30.0. The predicted molar refractivity (Wildman–Crippen MR) is 476 cm³/mol. The van der Waals surface area contributed by atoms with E-state index >= 15 is 0 Å². The van der Waals surface area contributed by atoms with Crippen molar-refractivity contribution >= 4 is 85.2 Å². The van der Waals surface area contributed by atoms with Crippen LogP contribution in [-0.4, -0.2) is 16.9 Å². The van der Waals surface area contributed by atoms with Crippen molar-refractivity contribution in [3.8, 4) is 55.9 Å². The van der Waals surface area contributed by atoms with E-state index in [0.717, 1.165) is 93.4 Å². The van der Waals surface area contributed by atoms with Gasteiger partial charge >= 0.3 is 0 Å². The first-order valence-corrected chi connectivity index (χ1v) is 40.6. The molecule has 1 aromatic heterocycles. The van der Waals surface area contributed by atoms with Crippen LogP contribution in [0.3, 0.4) is 0 Å². The van der Waals surface area contributed by atoms with Crippen molar-refractivity contribution in [1.82, 2.24) is 4.57 Å². The number of ether oxygens (including phenoxy) is 1. The van der Waals surface area contributed by atoms with Gasteiger partial charge in [-0.3, -0.25) is 0 Å². The molecule has 0 saturated carbocycles. The Balaban J connectivity index is 0.945. The highest BCUT2D eigenvalue weighted by atomic mass is 16.5. The van der Waals surface area contributed by atoms with Gasteiger partial charge in [-0.05, 0) is 225 Å². The molecule has 2 atom stereocenters. The maximum absolute atomic E-state index is 6.91. The van der Waals surface area contributed by atoms with Crippen LogP contribution in [-0.2, 0) is 40.0 Å². The minimum absolute atomic E-state index is 0.0527. The number of benzene rings is 12. The van der Waals surface area contributed by atoms with Crippen LogP contribution in [0, 0.1) is 0 Å². The Morgan fingerprint density at radius 2 is 0.991 bits per heavy atom. The van der Waals surface area contributed by atoms with Gasteiger partial charge in [0.2, 0.25) is 0 Å². The molecule has 0 N–H and O–H groups in total. The second-order valence-corrected chi connectivity index (χ2v) is 36.9. The summed E-state index contributed by atoms with van der Waals surface area (Å²) in [4.78, 5) is 5.61. The molecule has 0 spiro atoms. The van der Waals surface area contributed by atoms with E-state index < -0.39 is 11.1 Å². The summed E-state index contributed by atoms with van der Waals surface area (Å²) in [6.07, 6.45) is 20.7. The number of fused-ring (bicyclic) bond motifs is 13. The first-order chi connectivity index (χ1) is 53.9. The molecule has 4 nitrogen and oxygen atoms in total. The Morgan fingerprint density at radius 3 is 1.67 bits per heavy atom. The quantitative estimate of drug-likeness (QED) is 0.134. The summed E-state index contributed by atoms with van der Waals surface area (Å²) < 4.78 is 9.54. The van der Waals surface area contributed by atoms with Crippen molar-refractivity contribution in [3.63, 3.8) is 0 Å². The maximum atomic E-state index is 6.91. The van der Waals surface area contributed by atoms with E-state index in [1.165, 1.54) is 128 Å². The third-order valence-electron chi connectivity index (χ3n) is 25.7. The highest BCUT2D eigenvalue weighted by Gasteiger charge is 2.53. The Hall–Kier alpha value is -11.7. The van der Waals surface area contributed by atoms with Crippen LogP contribution < -0.4 is 30.9 Å². The summed E-state index contributed by atoms with van der Waals surface area (Å²) in [5, 5.41) is 1.30. The molecular formula is C107H96BN3O. The van der Waals surface area contributed by atoms with Crippen molar-refractivity contribution in [2.75, 3.05) is 9.80 Å². The number of hydrogen-bond donors (Lipinski definition) is 0. The summed E-state index contributed by atoms with van der Waals surface area (Å²) in [6, 6.07) is 100.0. The molecule has 0 bridgehead atoms. The van der Waals surface area contributed by atoms with Crippen LogP contribution in [0.15, 0.2) is 291 Å². The average Bonchev–Trinajstić information content (AvgIpc) is 0.973. The summed E-state index contributed by atoms with van der Waals surface area (Å²) in [5.74, 6) is 0.946. The van der Waals surface area contributed by atoms with Crippen LogP contribution in [0.5, 0.6) is 5.75 Å². The molecule has 20 rings (SSSR count). The fourth-order valence-corrected chi connectivity index (χ4v) is 19.6. The molecule has 2 unspecified atom stereocenters. The van der Waals surface area contributed by atoms with E-state index in [1.807, 2.05) is 0 Å². The van der Waals surface area contributed by atoms with Crippen LogP contribution >= 0.6 is 0 Å². The molecule has 0 amide bonds. The van der Waals surface area contributed by atoms with Crippen molar-refractivity contribution in [3.05, 3.63) is 358 Å². The SMILES string of the molecule is CC12CC=C(c3ccc4c(c3)N(C3(c5ccc(C(C)(C)C)cc5)C=CC=C3c3ccc(C(C)(C)C)cc3)c3cc(-n5c6c(c7ccccc75)CCC=C6)cc5c3B4c3ccc(-c4ccc6c(c4)-c4ccccc4C6)cc3N5c3c(-c4ccc(C(C)(C)C)cc4)cccc3-c3ccc(C(C)(C)C)cc3)C=C1c1ccccc1O2. The van der Waals surface area contributed by atoms with Crippen molar-refractivity contribution in [1.29, 1.82) is 0 Å². The third-order valence-corrected chi connectivity index (χ3v) is 25.7. The third kappa shape index (κ3) is 11.0. The first kappa shape index (κ1) is 69.5. The van der Waals surface area contributed by atoms with Gasteiger partial charge in [0.1, 0.15) is 16.9 Å². The van der Waals surface area contributed by atoms with E-state index in [2.05, 4.69) is 402 Å². The second kappa shape index (κ2) is 25.2. The average molecular weight is 1450 g/mol. The number of aromatic nitrogens is 1. The van der Waals surface area contributed by atoms with Crippen molar-refractivity contribution < 1.29 is 4.74 Å². The molecule has 112 heavy (non-hydrogen) atoms. The zero-order valence-electron chi connectivity index (χ0n) is 66.9. The van der Waals surface area contributed by atoms with Crippen LogP contribution in [0.1, 0.15) is 170 Å². The minimum atomic E-state index is -0.938. The Labute approximate surface area is 662 Å². The number of nitrogens with zero attached hydrogens (tertiary/aromatic N) is 3. The fourth-order valence-electron chi connectivity index (χ4n) is 19.6. The highest BCUT2D eigenvalue weighted by Crippen LogP contribution is 2.58. The van der Waals surface area contributed by atoms with Crippen molar-refractivity contribution in [2.24, 2.45) is 0 Å². The zero-order valence-corrected chi connectivity index (χ0v) is 66.9. The lowest BCUT2D eigenvalue weighted by atomic mass is 9.33. The van der Waals surface area contributed by atoms with Gasteiger partial charge in [-0.15, -0.1) is 0 Å². The number of allylic oxidation sites excluding steroid dienone is 5. The lowest BCUT2D eigenvalue weighted by Gasteiger charge is -2.51. The predicted octanol–water partition coefficient (Wildman–Crippen LogP) is 25.7. The van der Waals surface area contributed by atoms with Gasteiger partial charge in [0.25, 0.3) is 6.71 Å². The maximum Gasteiger partial charge on any atom is 0.252 e. The summed E-state index contributed by atoms with van der Waals surface area (Å²) in [7, 11) is 0. The Bertz CT molecular complexity index is 6180. The monoisotopic (exact) mass is 1450 g/mol. The van der Waals surface area contributed by atoms with E-state index in [1.54, 1.807) is 0 Å². The molecule has 7 aliphatic rings. The number of rotatable bonds is 9. The van der Waals surface area contributed by atoms with Gasteiger partial charge < -0.3 is 19.1 Å². The molecule has 12 aromatic carbocycles. The standard InChI is InChI=1S/C107H96BN3O/c1-102(2,3)76-45-37-67(38-46-76)83-29-22-30-84(68-39-47-77(48-40-68)103(4,5)6)101(83)110-95-63-71(70-35-36-75-60-74-24-14-15-25-82(74)88(75)61-70)43-55-91(95)108-92-56-44-72(73-57-59-106(13)90(62-73)87-28-18-21-34-99(87)112-106)64-96(92)111(98-66-81(65-97(110)100(98)108)109-93-32-19-16-26-85(93)86-27-17-20-33-94(86)109)107(80-53-51-79(52-54-80)105(10,11)12)58-23-31-89(107)69-41-49-78(50-42-69)104(7,8)9/h14-16,18-26,28-58,61-66H,17,27,59-60H2,1-13H3. The number of anilines is 5. The molecule has 0 radical (unpaired) electrons. The Kier molecular flexibility index (Phi) is 15.6. The van der Waals surface area contributed by atoms with Crippen LogP contribution in [0.4, 0.5) is 28.4 Å². The van der Waals surface area contributed by atoms with E-state index in [-0.39, 0.29) is 28.4 Å². The highest BCUT2D eigenvalue weighted by molar-refractivity contribution is 7.00. The summed E-state index contributed by atoms with van der Waals surface area (Å²) in [5.41, 5.74) is 38.7. The molecule has 4 heterocycles. The zero-order chi connectivity index (χ0) is 76.7. The van der Waals surface area contributed by atoms with Gasteiger partial charge in [-0.1, -0.05) is 320 Å². The smallest absolute Gasteiger partial charge is 0.252 e. The molecule has 13 aromatic rings. The molecular weight excluding hydrogens is 1350 g/mol. The lowest BCUT2D eigenvalue weighted by molar-refractivity contribution is 0.170. The van der Waals surface area contributed by atoms with E-state index in [4.69, 9.17) is 4.74 Å². The van der Waals surface area contributed by atoms with Gasteiger partial charge in [-0.25, -0.2) is 0 Å². The topological polar surface area (TPSA) is 20.6 Å². The molecule has 548 valence electrons. The Morgan fingerprint density at radius 1 is 0.446 bits per heavy atom. The van der Waals surface area contributed by atoms with Gasteiger partial charge in [-0.2, -0.15) is 0 Å². The van der Waals surface area contributed by atoms with Crippen LogP contribution in [0.2, 0.25) is 0 Å². The number of hydrogen-bond acceptors (Lipinski definition) is 3. The molecule has 5 heteroatoms. The normalized spacial score (nSPS) is 17.7. The second-order valence-electron chi connectivity index (χ2n) is 36.9. The molecule has 0 fully saturated rings. The van der Waals surface area contributed by atoms with Gasteiger partial charge in [0.15, 0.2) is 0 Å². The van der Waals surface area contributed by atoms with E-state index in [0.29, 0.717) is 0 Å². The lowest BCUT2D eigenvalue weighted by Crippen LogP contribution is -2.64. The number of aryl methyl sites for hydroxylation is 1. The molecule has 4 aliphatic carbocycles. The number of para-hydroxylation sites is 3. The van der Waals surface area contributed by atoms with Crippen LogP contribution in [0.25, 0.3) is 83.9 Å². The molecule has 3 aliphatic heterocycles.